The number of nitrogens with one attached hydrogen (secondary N) is 1. The van der Waals surface area contributed by atoms with Crippen molar-refractivity contribution >= 4 is 28.9 Å². The van der Waals surface area contributed by atoms with Gasteiger partial charge in [-0.25, -0.2) is 5.10 Å². The van der Waals surface area contributed by atoms with Gasteiger partial charge in [-0.15, -0.1) is 0 Å². The minimum absolute atomic E-state index is 0.116. The van der Waals surface area contributed by atoms with Crippen LogP contribution in [0.5, 0.6) is 5.75 Å². The van der Waals surface area contributed by atoms with Gasteiger partial charge in [0.15, 0.2) is 0 Å². The molecule has 0 fully saturated rings. The summed E-state index contributed by atoms with van der Waals surface area (Å²) in [5.74, 6) is 0.695. The molecule has 0 aliphatic heterocycles. The highest BCUT2D eigenvalue weighted by Gasteiger charge is 2.09. The average Bonchev–Trinajstić information content (AvgIpc) is 2.42. The number of anilines is 1. The number of aromatic amines is 1. The van der Waals surface area contributed by atoms with Crippen molar-refractivity contribution in [3.05, 3.63) is 50.9 Å². The van der Waals surface area contributed by atoms with Gasteiger partial charge in [-0.05, 0) is 18.2 Å². The maximum Gasteiger partial charge on any atom is 0.285 e. The van der Waals surface area contributed by atoms with Gasteiger partial charge in [0.1, 0.15) is 17.4 Å². The van der Waals surface area contributed by atoms with E-state index in [0.717, 1.165) is 0 Å². The molecule has 0 spiro atoms. The lowest BCUT2D eigenvalue weighted by Crippen LogP contribution is -2.26. The molecule has 0 radical (unpaired) electrons. The number of benzene rings is 1. The number of hydrogen-bond acceptors (Lipinski definition) is 4. The molecule has 2 aromatic rings. The van der Waals surface area contributed by atoms with Crippen LogP contribution in [0.1, 0.15) is 0 Å². The first-order valence-corrected chi connectivity index (χ1v) is 6.66. The van der Waals surface area contributed by atoms with Crippen molar-refractivity contribution in [2.24, 2.45) is 0 Å². The molecule has 1 aromatic heterocycles. The lowest BCUT2D eigenvalue weighted by atomic mass is 10.3. The summed E-state index contributed by atoms with van der Waals surface area (Å²) >= 11 is 11.8. The summed E-state index contributed by atoms with van der Waals surface area (Å²) in [5.41, 5.74) is 0.150. The Morgan fingerprint density at radius 1 is 1.40 bits per heavy atom. The first-order valence-electron chi connectivity index (χ1n) is 5.90. The normalized spacial score (nSPS) is 10.3. The lowest BCUT2D eigenvalue weighted by molar-refractivity contribution is 0.326. The van der Waals surface area contributed by atoms with E-state index in [1.807, 2.05) is 19.2 Å². The molecule has 5 nitrogen and oxygen atoms in total. The van der Waals surface area contributed by atoms with Crippen LogP contribution >= 0.6 is 23.2 Å². The monoisotopic (exact) mass is 313 g/mol. The van der Waals surface area contributed by atoms with Crippen molar-refractivity contribution in [1.29, 1.82) is 0 Å². The van der Waals surface area contributed by atoms with E-state index < -0.39 is 5.56 Å². The van der Waals surface area contributed by atoms with Crippen LogP contribution in [-0.4, -0.2) is 30.4 Å². The van der Waals surface area contributed by atoms with E-state index >= 15 is 0 Å². The van der Waals surface area contributed by atoms with Gasteiger partial charge in [-0.1, -0.05) is 29.3 Å². The molecular weight excluding hydrogens is 301 g/mol. The van der Waals surface area contributed by atoms with Crippen molar-refractivity contribution < 1.29 is 4.74 Å². The molecule has 0 amide bonds. The third kappa shape index (κ3) is 3.65. The second-order valence-electron chi connectivity index (χ2n) is 4.13. The molecule has 0 unspecified atom stereocenters. The zero-order valence-electron chi connectivity index (χ0n) is 10.8. The smallest absolute Gasteiger partial charge is 0.285 e. The fourth-order valence-corrected chi connectivity index (χ4v) is 2.03. The molecule has 0 bridgehead atoms. The standard InChI is InChI=1S/C13H13Cl2N3O2/c1-18(11-8-16-17-13(19)12(11)15)5-6-20-10-4-2-3-9(14)7-10/h2-4,7-8H,5-6H2,1H3,(H,17,19). The van der Waals surface area contributed by atoms with Gasteiger partial charge in [-0.3, -0.25) is 4.79 Å². The number of halogens is 2. The summed E-state index contributed by atoms with van der Waals surface area (Å²) in [6, 6.07) is 7.16. The summed E-state index contributed by atoms with van der Waals surface area (Å²) < 4.78 is 5.57. The van der Waals surface area contributed by atoms with Gasteiger partial charge in [0.05, 0.1) is 18.4 Å². The highest BCUT2D eigenvalue weighted by atomic mass is 35.5. The summed E-state index contributed by atoms with van der Waals surface area (Å²) in [6.07, 6.45) is 1.50. The molecule has 0 atom stereocenters. The third-order valence-electron chi connectivity index (χ3n) is 2.68. The Bertz CT molecular complexity index is 646. The number of aromatic nitrogens is 2. The number of ether oxygens (including phenoxy) is 1. The van der Waals surface area contributed by atoms with Crippen molar-refractivity contribution in [1.82, 2.24) is 10.2 Å². The van der Waals surface area contributed by atoms with E-state index in [0.29, 0.717) is 29.6 Å². The lowest BCUT2D eigenvalue weighted by Gasteiger charge is -2.19. The van der Waals surface area contributed by atoms with Crippen LogP contribution in [0.4, 0.5) is 5.69 Å². The van der Waals surface area contributed by atoms with Crippen molar-refractivity contribution in [2.75, 3.05) is 25.1 Å². The first kappa shape index (κ1) is 14.7. The van der Waals surface area contributed by atoms with Crippen molar-refractivity contribution in [3.63, 3.8) is 0 Å². The van der Waals surface area contributed by atoms with Crippen molar-refractivity contribution in [3.8, 4) is 5.75 Å². The van der Waals surface area contributed by atoms with Gasteiger partial charge in [0.2, 0.25) is 0 Å². The van der Waals surface area contributed by atoms with Gasteiger partial charge >= 0.3 is 0 Å². The Kier molecular flexibility index (Phi) is 4.87. The highest BCUT2D eigenvalue weighted by Crippen LogP contribution is 2.19. The number of hydrogen-bond donors (Lipinski definition) is 1. The Hall–Kier alpha value is -1.72. The second kappa shape index (κ2) is 6.63. The predicted molar refractivity (Wildman–Crippen MR) is 80.1 cm³/mol. The van der Waals surface area contributed by atoms with Crippen LogP contribution in [0, 0.1) is 0 Å². The number of nitrogens with zero attached hydrogens (tertiary/aromatic N) is 2. The summed E-state index contributed by atoms with van der Waals surface area (Å²) in [6.45, 7) is 0.983. The molecule has 0 saturated heterocycles. The molecule has 1 aromatic carbocycles. The molecule has 7 heteroatoms. The Balaban J connectivity index is 1.94. The SMILES string of the molecule is CN(CCOc1cccc(Cl)c1)c1cn[nH]c(=O)c1Cl. The second-order valence-corrected chi connectivity index (χ2v) is 4.94. The molecule has 106 valence electrons. The summed E-state index contributed by atoms with van der Waals surface area (Å²) in [7, 11) is 1.81. The minimum atomic E-state index is -0.410. The van der Waals surface area contributed by atoms with Crippen LogP contribution in [0.15, 0.2) is 35.3 Å². The fourth-order valence-electron chi connectivity index (χ4n) is 1.62. The quantitative estimate of drug-likeness (QED) is 0.921. The Morgan fingerprint density at radius 2 is 2.20 bits per heavy atom. The number of likely N-dealkylation sites (N-methyl/N-ethyl adjacent to an activating group) is 1. The zero-order chi connectivity index (χ0) is 14.5. The van der Waals surface area contributed by atoms with Crippen LogP contribution < -0.4 is 15.2 Å². The minimum Gasteiger partial charge on any atom is -0.492 e. The van der Waals surface area contributed by atoms with Gasteiger partial charge < -0.3 is 9.64 Å². The van der Waals surface area contributed by atoms with E-state index in [4.69, 9.17) is 27.9 Å². The molecule has 1 N–H and O–H groups in total. The Morgan fingerprint density at radius 3 is 2.95 bits per heavy atom. The molecule has 0 saturated carbocycles. The predicted octanol–water partition coefficient (Wildman–Crippen LogP) is 2.59. The molecule has 1 heterocycles. The molecule has 0 aliphatic rings. The number of H-pyrrole nitrogens is 1. The first-order chi connectivity index (χ1) is 9.58. The fraction of sp³-hybridized carbons (Fsp3) is 0.231. The molecule has 0 aliphatic carbocycles. The summed E-state index contributed by atoms with van der Waals surface area (Å²) in [4.78, 5) is 13.2. The van der Waals surface area contributed by atoms with E-state index in [1.54, 1.807) is 17.0 Å². The average molecular weight is 314 g/mol. The van der Waals surface area contributed by atoms with E-state index in [9.17, 15) is 4.79 Å². The van der Waals surface area contributed by atoms with Gasteiger partial charge in [0.25, 0.3) is 5.56 Å². The summed E-state index contributed by atoms with van der Waals surface area (Å²) in [5, 5.41) is 6.73. The largest absolute Gasteiger partial charge is 0.492 e. The maximum absolute atomic E-state index is 11.4. The van der Waals surface area contributed by atoms with Crippen LogP contribution in [0.25, 0.3) is 0 Å². The van der Waals surface area contributed by atoms with Crippen molar-refractivity contribution in [2.45, 2.75) is 0 Å². The van der Waals surface area contributed by atoms with Gasteiger partial charge in [0, 0.05) is 12.1 Å². The van der Waals surface area contributed by atoms with Crippen LogP contribution in [0.3, 0.4) is 0 Å². The van der Waals surface area contributed by atoms with E-state index in [1.165, 1.54) is 6.20 Å². The van der Waals surface area contributed by atoms with Crippen LogP contribution in [0.2, 0.25) is 10.0 Å². The van der Waals surface area contributed by atoms with E-state index in [-0.39, 0.29) is 5.02 Å². The molecule has 2 rings (SSSR count). The number of rotatable bonds is 5. The van der Waals surface area contributed by atoms with E-state index in [2.05, 4.69) is 10.2 Å². The Labute approximate surface area is 126 Å². The topological polar surface area (TPSA) is 58.2 Å². The third-order valence-corrected chi connectivity index (χ3v) is 3.28. The maximum atomic E-state index is 11.4. The van der Waals surface area contributed by atoms with Gasteiger partial charge in [-0.2, -0.15) is 5.10 Å². The molecular formula is C13H13Cl2N3O2. The highest BCUT2D eigenvalue weighted by molar-refractivity contribution is 6.33. The zero-order valence-corrected chi connectivity index (χ0v) is 12.3. The molecule has 20 heavy (non-hydrogen) atoms. The van der Waals surface area contributed by atoms with Crippen LogP contribution in [-0.2, 0) is 0 Å².